The van der Waals surface area contributed by atoms with Crippen molar-refractivity contribution in [2.45, 2.75) is 70.5 Å². The van der Waals surface area contributed by atoms with Crippen molar-refractivity contribution in [3.8, 4) is 0 Å². The molecule has 4 nitrogen and oxygen atoms in total. The average Bonchev–Trinajstić information content (AvgIpc) is 2.74. The number of nitrogens with zero attached hydrogens (tertiary/aromatic N) is 1. The zero-order valence-electron chi connectivity index (χ0n) is 13.1. The van der Waals surface area contributed by atoms with E-state index in [1.54, 1.807) is 0 Å². The molecule has 1 N–H and O–H groups in total. The van der Waals surface area contributed by atoms with E-state index in [9.17, 15) is 5.11 Å². The maximum Gasteiger partial charge on any atom is 0.0896 e. The van der Waals surface area contributed by atoms with Gasteiger partial charge in [0.1, 0.15) is 0 Å². The maximum atomic E-state index is 10.5. The Hall–Kier alpha value is -0.160. The Balaban J connectivity index is 2.05. The molecule has 112 valence electrons. The molecule has 4 heteroatoms. The van der Waals surface area contributed by atoms with Gasteiger partial charge >= 0.3 is 0 Å². The summed E-state index contributed by atoms with van der Waals surface area (Å²) in [6, 6.07) is 0.451. The van der Waals surface area contributed by atoms with Crippen molar-refractivity contribution in [3.05, 3.63) is 0 Å². The Morgan fingerprint density at radius 3 is 2.26 bits per heavy atom. The number of likely N-dealkylation sites (N-methyl/N-ethyl adjacent to an activating group) is 1. The van der Waals surface area contributed by atoms with Crippen LogP contribution in [-0.2, 0) is 9.47 Å². The first-order valence-corrected chi connectivity index (χ1v) is 7.35. The third-order valence-corrected chi connectivity index (χ3v) is 4.90. The Morgan fingerprint density at radius 1 is 1.21 bits per heavy atom. The average molecular weight is 271 g/mol. The molecule has 4 atom stereocenters. The van der Waals surface area contributed by atoms with E-state index in [2.05, 4.69) is 32.7 Å². The summed E-state index contributed by atoms with van der Waals surface area (Å²) in [5.41, 5.74) is -0.757. The first kappa shape index (κ1) is 15.2. The molecule has 0 spiro atoms. The minimum absolute atomic E-state index is 0.125. The topological polar surface area (TPSA) is 41.9 Å². The van der Waals surface area contributed by atoms with Crippen molar-refractivity contribution in [2.75, 3.05) is 20.2 Å². The van der Waals surface area contributed by atoms with Crippen LogP contribution >= 0.6 is 0 Å². The predicted molar refractivity (Wildman–Crippen MR) is 75.2 cm³/mol. The molecule has 0 aromatic heterocycles. The molecule has 0 aromatic rings. The van der Waals surface area contributed by atoms with Crippen molar-refractivity contribution in [3.63, 3.8) is 0 Å². The highest BCUT2D eigenvalue weighted by Crippen LogP contribution is 2.42. The third-order valence-electron chi connectivity index (χ3n) is 4.90. The summed E-state index contributed by atoms with van der Waals surface area (Å²) in [6.07, 6.45) is 0.925. The standard InChI is InChI=1S/C15H29NO3/c1-10-12(7-8-18-10)16(6)9-11-13(17)15(4,5)19-14(11,2)3/h10-13,17H,7-9H2,1-6H3. The number of aliphatic hydroxyl groups is 1. The van der Waals surface area contributed by atoms with E-state index >= 15 is 0 Å². The summed E-state index contributed by atoms with van der Waals surface area (Å²) < 4.78 is 11.7. The lowest BCUT2D eigenvalue weighted by Crippen LogP contribution is -2.47. The highest BCUT2D eigenvalue weighted by molar-refractivity contribution is 5.02. The summed E-state index contributed by atoms with van der Waals surface area (Å²) in [5, 5.41) is 10.5. The van der Waals surface area contributed by atoms with Crippen LogP contribution in [-0.4, -0.2) is 59.7 Å². The van der Waals surface area contributed by atoms with E-state index in [-0.39, 0.29) is 17.6 Å². The monoisotopic (exact) mass is 271 g/mol. The van der Waals surface area contributed by atoms with Gasteiger partial charge in [-0.3, -0.25) is 0 Å². The second-order valence-electron chi connectivity index (χ2n) is 7.23. The zero-order valence-corrected chi connectivity index (χ0v) is 13.1. The van der Waals surface area contributed by atoms with Crippen LogP contribution in [0.1, 0.15) is 41.0 Å². The number of hydrogen-bond donors (Lipinski definition) is 1. The van der Waals surface area contributed by atoms with Gasteiger partial charge in [0, 0.05) is 25.1 Å². The van der Waals surface area contributed by atoms with Gasteiger partial charge in [0.05, 0.1) is 23.4 Å². The number of hydrogen-bond acceptors (Lipinski definition) is 4. The van der Waals surface area contributed by atoms with Gasteiger partial charge in [0.2, 0.25) is 0 Å². The summed E-state index contributed by atoms with van der Waals surface area (Å²) in [5.74, 6) is 0.125. The van der Waals surface area contributed by atoms with Crippen molar-refractivity contribution in [1.82, 2.24) is 4.90 Å². The first-order chi connectivity index (χ1) is 8.65. The minimum Gasteiger partial charge on any atom is -0.390 e. The minimum atomic E-state index is -0.465. The van der Waals surface area contributed by atoms with E-state index in [1.165, 1.54) is 0 Å². The van der Waals surface area contributed by atoms with E-state index in [0.717, 1.165) is 19.6 Å². The maximum absolute atomic E-state index is 10.5. The molecule has 0 radical (unpaired) electrons. The van der Waals surface area contributed by atoms with E-state index in [0.29, 0.717) is 6.04 Å². The number of ether oxygens (including phenoxy) is 2. The lowest BCUT2D eigenvalue weighted by Gasteiger charge is -2.34. The van der Waals surface area contributed by atoms with Crippen molar-refractivity contribution >= 4 is 0 Å². The summed E-state index contributed by atoms with van der Waals surface area (Å²) in [7, 11) is 2.13. The normalized spacial score (nSPS) is 41.1. The molecule has 2 rings (SSSR count). The van der Waals surface area contributed by atoms with Gasteiger partial charge in [-0.15, -0.1) is 0 Å². The molecule has 0 saturated carbocycles. The molecule has 0 amide bonds. The molecule has 4 unspecified atom stereocenters. The zero-order chi connectivity index (χ0) is 14.4. The Bertz CT molecular complexity index is 329. The molecule has 0 bridgehead atoms. The van der Waals surface area contributed by atoms with Crippen LogP contribution < -0.4 is 0 Å². The molecule has 2 fully saturated rings. The van der Waals surface area contributed by atoms with Gasteiger partial charge < -0.3 is 19.5 Å². The highest BCUT2D eigenvalue weighted by atomic mass is 16.5. The molecular weight excluding hydrogens is 242 g/mol. The SMILES string of the molecule is CC1OCCC1N(C)CC1C(O)C(C)(C)OC1(C)C. The fraction of sp³-hybridized carbons (Fsp3) is 1.00. The van der Waals surface area contributed by atoms with E-state index in [1.807, 2.05) is 13.8 Å². The van der Waals surface area contributed by atoms with E-state index in [4.69, 9.17) is 9.47 Å². The lowest BCUT2D eigenvalue weighted by atomic mass is 9.84. The Morgan fingerprint density at radius 2 is 1.84 bits per heavy atom. The fourth-order valence-electron chi connectivity index (χ4n) is 3.74. The highest BCUT2D eigenvalue weighted by Gasteiger charge is 2.53. The second kappa shape index (κ2) is 4.99. The molecule has 2 aliphatic rings. The summed E-state index contributed by atoms with van der Waals surface area (Å²) in [6.45, 7) is 11.9. The molecule has 2 heterocycles. The summed E-state index contributed by atoms with van der Waals surface area (Å²) in [4.78, 5) is 2.33. The molecule has 0 aliphatic carbocycles. The molecule has 0 aromatic carbocycles. The predicted octanol–water partition coefficient (Wildman–Crippen LogP) is 1.66. The molecule has 2 aliphatic heterocycles. The van der Waals surface area contributed by atoms with Crippen molar-refractivity contribution < 1.29 is 14.6 Å². The Labute approximate surface area is 117 Å². The van der Waals surface area contributed by atoms with Gasteiger partial charge in [-0.05, 0) is 48.1 Å². The smallest absolute Gasteiger partial charge is 0.0896 e. The second-order valence-corrected chi connectivity index (χ2v) is 7.23. The Kier molecular flexibility index (Phi) is 4.00. The fourth-order valence-corrected chi connectivity index (χ4v) is 3.74. The molecular formula is C15H29NO3. The van der Waals surface area contributed by atoms with Gasteiger partial charge in [0.15, 0.2) is 0 Å². The van der Waals surface area contributed by atoms with Gasteiger partial charge in [-0.25, -0.2) is 0 Å². The molecule has 2 saturated heterocycles. The van der Waals surface area contributed by atoms with E-state index < -0.39 is 11.7 Å². The van der Waals surface area contributed by atoms with Crippen LogP contribution in [0.3, 0.4) is 0 Å². The van der Waals surface area contributed by atoms with Gasteiger partial charge in [0.25, 0.3) is 0 Å². The number of aliphatic hydroxyl groups excluding tert-OH is 1. The van der Waals surface area contributed by atoms with Gasteiger partial charge in [-0.1, -0.05) is 0 Å². The van der Waals surface area contributed by atoms with Crippen LogP contribution in [0.2, 0.25) is 0 Å². The third kappa shape index (κ3) is 2.82. The lowest BCUT2D eigenvalue weighted by molar-refractivity contribution is -0.0915. The van der Waals surface area contributed by atoms with Crippen molar-refractivity contribution in [1.29, 1.82) is 0 Å². The van der Waals surface area contributed by atoms with Crippen LogP contribution in [0.4, 0.5) is 0 Å². The first-order valence-electron chi connectivity index (χ1n) is 7.35. The van der Waals surface area contributed by atoms with Gasteiger partial charge in [-0.2, -0.15) is 0 Å². The van der Waals surface area contributed by atoms with Crippen molar-refractivity contribution in [2.24, 2.45) is 5.92 Å². The quantitative estimate of drug-likeness (QED) is 0.847. The number of rotatable bonds is 3. The molecule has 19 heavy (non-hydrogen) atoms. The van der Waals surface area contributed by atoms with Crippen LogP contribution in [0, 0.1) is 5.92 Å². The van der Waals surface area contributed by atoms with Crippen LogP contribution in [0.25, 0.3) is 0 Å². The summed E-state index contributed by atoms with van der Waals surface area (Å²) >= 11 is 0. The van der Waals surface area contributed by atoms with Crippen LogP contribution in [0.15, 0.2) is 0 Å². The largest absolute Gasteiger partial charge is 0.390 e. The van der Waals surface area contributed by atoms with Crippen LogP contribution in [0.5, 0.6) is 0 Å².